The Morgan fingerprint density at radius 1 is 1.35 bits per heavy atom. The molecule has 3 unspecified atom stereocenters. The first-order valence-electron chi connectivity index (χ1n) is 5.99. The van der Waals surface area contributed by atoms with Crippen molar-refractivity contribution in [3.8, 4) is 0 Å². The molecule has 3 atom stereocenters. The van der Waals surface area contributed by atoms with Crippen LogP contribution in [0.3, 0.4) is 0 Å². The van der Waals surface area contributed by atoms with Gasteiger partial charge in [0.2, 0.25) is 0 Å². The molecule has 0 saturated heterocycles. The predicted octanol–water partition coefficient (Wildman–Crippen LogP) is 2.21. The van der Waals surface area contributed by atoms with Gasteiger partial charge in [-0.25, -0.2) is 8.78 Å². The third-order valence-corrected chi connectivity index (χ3v) is 3.43. The summed E-state index contributed by atoms with van der Waals surface area (Å²) in [5.74, 6) is 0.327. The second-order valence-corrected chi connectivity index (χ2v) is 4.87. The second kappa shape index (κ2) is 5.10. The van der Waals surface area contributed by atoms with Crippen molar-refractivity contribution in [2.45, 2.75) is 19.4 Å². The number of rotatable bonds is 5. The van der Waals surface area contributed by atoms with E-state index in [2.05, 4.69) is 12.2 Å². The zero-order chi connectivity index (χ0) is 12.4. The van der Waals surface area contributed by atoms with Crippen LogP contribution in [-0.4, -0.2) is 13.1 Å². The fraction of sp³-hybridized carbons (Fsp3) is 0.538. The zero-order valence-corrected chi connectivity index (χ0v) is 9.92. The van der Waals surface area contributed by atoms with Crippen LogP contribution in [0.4, 0.5) is 8.78 Å². The number of halogens is 2. The Labute approximate surface area is 100 Å². The summed E-state index contributed by atoms with van der Waals surface area (Å²) < 4.78 is 26.2. The lowest BCUT2D eigenvalue weighted by atomic mass is 10.1. The van der Waals surface area contributed by atoms with E-state index in [0.717, 1.165) is 18.5 Å². The average Bonchev–Trinajstić information content (AvgIpc) is 2.94. The van der Waals surface area contributed by atoms with Gasteiger partial charge in [-0.05, 0) is 42.5 Å². The lowest BCUT2D eigenvalue weighted by molar-refractivity contribution is 0.502. The van der Waals surface area contributed by atoms with Crippen molar-refractivity contribution in [1.29, 1.82) is 0 Å². The van der Waals surface area contributed by atoms with Crippen molar-refractivity contribution < 1.29 is 8.78 Å². The van der Waals surface area contributed by atoms with Crippen LogP contribution in [0.2, 0.25) is 0 Å². The van der Waals surface area contributed by atoms with Crippen molar-refractivity contribution in [2.24, 2.45) is 17.6 Å². The van der Waals surface area contributed by atoms with Crippen LogP contribution >= 0.6 is 0 Å². The van der Waals surface area contributed by atoms with Gasteiger partial charge in [-0.1, -0.05) is 6.92 Å². The quantitative estimate of drug-likeness (QED) is 0.828. The lowest BCUT2D eigenvalue weighted by Gasteiger charge is -2.17. The molecule has 0 radical (unpaired) electrons. The third kappa shape index (κ3) is 3.23. The minimum atomic E-state index is -0.556. The van der Waals surface area contributed by atoms with Gasteiger partial charge in [-0.3, -0.25) is 0 Å². The highest BCUT2D eigenvalue weighted by molar-refractivity contribution is 5.21. The van der Waals surface area contributed by atoms with E-state index in [4.69, 9.17) is 5.73 Å². The van der Waals surface area contributed by atoms with Crippen molar-refractivity contribution in [3.05, 3.63) is 35.4 Å². The van der Waals surface area contributed by atoms with E-state index < -0.39 is 11.6 Å². The molecular formula is C13H18F2N2. The Hall–Kier alpha value is -1.00. The Morgan fingerprint density at radius 3 is 2.41 bits per heavy atom. The highest BCUT2D eigenvalue weighted by Crippen LogP contribution is 2.37. The van der Waals surface area contributed by atoms with Crippen LogP contribution in [0, 0.1) is 23.5 Å². The molecule has 1 aromatic carbocycles. The first-order chi connectivity index (χ1) is 8.10. The fourth-order valence-corrected chi connectivity index (χ4v) is 2.09. The van der Waals surface area contributed by atoms with Crippen molar-refractivity contribution in [2.75, 3.05) is 13.1 Å². The molecule has 4 heteroatoms. The molecule has 0 bridgehead atoms. The Bertz CT molecular complexity index is 375. The molecule has 1 aliphatic rings. The summed E-state index contributed by atoms with van der Waals surface area (Å²) in [5, 5.41) is 3.27. The molecule has 1 aliphatic carbocycles. The SMILES string of the molecule is CC1CC1CNC(CN)c1cc(F)cc(F)c1. The topological polar surface area (TPSA) is 38.0 Å². The number of nitrogens with one attached hydrogen (secondary N) is 1. The van der Waals surface area contributed by atoms with Gasteiger partial charge in [-0.15, -0.1) is 0 Å². The molecule has 3 N–H and O–H groups in total. The molecule has 2 rings (SSSR count). The minimum Gasteiger partial charge on any atom is -0.329 e. The minimum absolute atomic E-state index is 0.173. The van der Waals surface area contributed by atoms with Gasteiger partial charge in [0.25, 0.3) is 0 Å². The van der Waals surface area contributed by atoms with Gasteiger partial charge in [0.1, 0.15) is 11.6 Å². The summed E-state index contributed by atoms with van der Waals surface area (Å²) >= 11 is 0. The number of hydrogen-bond acceptors (Lipinski definition) is 2. The maximum absolute atomic E-state index is 13.1. The van der Waals surface area contributed by atoms with E-state index in [9.17, 15) is 8.78 Å². The number of hydrogen-bond donors (Lipinski definition) is 2. The van der Waals surface area contributed by atoms with Crippen LogP contribution < -0.4 is 11.1 Å². The monoisotopic (exact) mass is 240 g/mol. The Balaban J connectivity index is 2.00. The van der Waals surface area contributed by atoms with E-state index >= 15 is 0 Å². The van der Waals surface area contributed by atoms with E-state index in [1.54, 1.807) is 0 Å². The van der Waals surface area contributed by atoms with Crippen LogP contribution in [0.15, 0.2) is 18.2 Å². The van der Waals surface area contributed by atoms with Gasteiger partial charge in [-0.2, -0.15) is 0 Å². The molecule has 0 aliphatic heterocycles. The van der Waals surface area contributed by atoms with Crippen molar-refractivity contribution in [1.82, 2.24) is 5.32 Å². The number of nitrogens with two attached hydrogens (primary N) is 1. The summed E-state index contributed by atoms with van der Waals surface area (Å²) in [4.78, 5) is 0. The molecule has 1 saturated carbocycles. The smallest absolute Gasteiger partial charge is 0.126 e. The lowest BCUT2D eigenvalue weighted by Crippen LogP contribution is -2.30. The zero-order valence-electron chi connectivity index (χ0n) is 9.92. The van der Waals surface area contributed by atoms with Crippen LogP contribution in [0.1, 0.15) is 24.9 Å². The second-order valence-electron chi connectivity index (χ2n) is 4.87. The van der Waals surface area contributed by atoms with Gasteiger partial charge in [0, 0.05) is 18.7 Å². The summed E-state index contributed by atoms with van der Waals surface area (Å²) in [5.41, 5.74) is 6.22. The highest BCUT2D eigenvalue weighted by Gasteiger charge is 2.32. The summed E-state index contributed by atoms with van der Waals surface area (Å²) in [6, 6.07) is 3.38. The van der Waals surface area contributed by atoms with E-state index in [1.165, 1.54) is 18.6 Å². The van der Waals surface area contributed by atoms with Crippen LogP contribution in [-0.2, 0) is 0 Å². The van der Waals surface area contributed by atoms with Crippen molar-refractivity contribution in [3.63, 3.8) is 0 Å². The molecular weight excluding hydrogens is 222 g/mol. The maximum Gasteiger partial charge on any atom is 0.126 e. The molecule has 0 heterocycles. The molecule has 94 valence electrons. The first-order valence-corrected chi connectivity index (χ1v) is 5.99. The average molecular weight is 240 g/mol. The van der Waals surface area contributed by atoms with Gasteiger partial charge in [0.15, 0.2) is 0 Å². The molecule has 1 aromatic rings. The van der Waals surface area contributed by atoms with E-state index in [1.807, 2.05) is 0 Å². The van der Waals surface area contributed by atoms with E-state index in [-0.39, 0.29) is 6.04 Å². The normalized spacial score (nSPS) is 24.7. The summed E-state index contributed by atoms with van der Waals surface area (Å²) in [6.45, 7) is 3.40. The van der Waals surface area contributed by atoms with Crippen molar-refractivity contribution >= 4 is 0 Å². The number of benzene rings is 1. The fourth-order valence-electron chi connectivity index (χ4n) is 2.09. The largest absolute Gasteiger partial charge is 0.329 e. The molecule has 2 nitrogen and oxygen atoms in total. The standard InChI is InChI=1S/C13H18F2N2/c1-8-2-10(8)7-17-13(6-16)9-3-11(14)5-12(15)4-9/h3-5,8,10,13,17H,2,6-7,16H2,1H3. The predicted molar refractivity (Wildman–Crippen MR) is 63.4 cm³/mol. The van der Waals surface area contributed by atoms with Crippen LogP contribution in [0.25, 0.3) is 0 Å². The maximum atomic E-state index is 13.1. The van der Waals surface area contributed by atoms with Gasteiger partial charge in [0.05, 0.1) is 0 Å². The third-order valence-electron chi connectivity index (χ3n) is 3.43. The van der Waals surface area contributed by atoms with Gasteiger partial charge >= 0.3 is 0 Å². The van der Waals surface area contributed by atoms with Gasteiger partial charge < -0.3 is 11.1 Å². The molecule has 0 aromatic heterocycles. The Kier molecular flexibility index (Phi) is 3.74. The summed E-state index contributed by atoms with van der Waals surface area (Å²) in [7, 11) is 0. The highest BCUT2D eigenvalue weighted by atomic mass is 19.1. The molecule has 0 amide bonds. The molecule has 1 fully saturated rings. The van der Waals surface area contributed by atoms with E-state index in [0.29, 0.717) is 18.0 Å². The first kappa shape index (κ1) is 12.5. The summed E-state index contributed by atoms with van der Waals surface area (Å²) in [6.07, 6.45) is 1.22. The van der Waals surface area contributed by atoms with Crippen LogP contribution in [0.5, 0.6) is 0 Å². The Morgan fingerprint density at radius 2 is 1.94 bits per heavy atom. The molecule has 17 heavy (non-hydrogen) atoms. The molecule has 0 spiro atoms.